The predicted molar refractivity (Wildman–Crippen MR) is 109 cm³/mol. The Morgan fingerprint density at radius 2 is 1.79 bits per heavy atom. The van der Waals surface area contributed by atoms with Crippen molar-refractivity contribution in [2.24, 2.45) is 0 Å². The zero-order valence-electron chi connectivity index (χ0n) is 18.3. The van der Waals surface area contributed by atoms with E-state index in [-0.39, 0.29) is 18.4 Å². The SMILES string of the molecule is CC(F)(F)c1nc(N2CCC(N3CC[C@H](Oc4cc(F)c(S(C)(=O)=O)cc4F)C3=O)CC2)no1. The lowest BCUT2D eigenvalue weighted by atomic mass is 10.0. The number of carbonyl (C=O) groups excluding carboxylic acids is 1. The van der Waals surface area contributed by atoms with Crippen LogP contribution in [0, 0.1) is 11.6 Å². The lowest BCUT2D eigenvalue weighted by Crippen LogP contribution is -2.47. The smallest absolute Gasteiger partial charge is 0.322 e. The molecule has 0 radical (unpaired) electrons. The number of sulfone groups is 1. The first-order valence-corrected chi connectivity index (χ1v) is 12.4. The van der Waals surface area contributed by atoms with E-state index >= 15 is 0 Å². The van der Waals surface area contributed by atoms with Crippen LogP contribution in [-0.2, 0) is 20.6 Å². The first-order chi connectivity index (χ1) is 15.8. The fourth-order valence-corrected chi connectivity index (χ4v) is 4.82. The maximum atomic E-state index is 14.3. The zero-order valence-corrected chi connectivity index (χ0v) is 19.1. The molecule has 1 aromatic carbocycles. The maximum Gasteiger partial charge on any atom is 0.322 e. The largest absolute Gasteiger partial charge is 0.477 e. The van der Waals surface area contributed by atoms with Crippen LogP contribution in [0.1, 0.15) is 32.1 Å². The van der Waals surface area contributed by atoms with Crippen molar-refractivity contribution >= 4 is 21.7 Å². The number of benzene rings is 1. The molecule has 2 aliphatic heterocycles. The summed E-state index contributed by atoms with van der Waals surface area (Å²) in [6.45, 7) is 1.81. The van der Waals surface area contributed by atoms with Crippen LogP contribution in [-0.4, -0.2) is 67.4 Å². The number of nitrogens with zero attached hydrogens (tertiary/aromatic N) is 4. The highest BCUT2D eigenvalue weighted by atomic mass is 32.2. The molecule has 1 aromatic heterocycles. The number of aromatic nitrogens is 2. The Bertz CT molecular complexity index is 1190. The molecule has 4 rings (SSSR count). The molecule has 3 heterocycles. The van der Waals surface area contributed by atoms with Gasteiger partial charge in [0.25, 0.3) is 17.7 Å². The molecule has 0 unspecified atom stereocenters. The lowest BCUT2D eigenvalue weighted by Gasteiger charge is -2.36. The zero-order chi connectivity index (χ0) is 24.8. The fraction of sp³-hybridized carbons (Fsp3) is 0.550. The standard InChI is InChI=1S/C20H22F4N4O5S/c1-20(23,24)18-25-19(26-33-18)27-6-3-11(4-7-27)28-8-5-14(17(28)29)32-15-9-13(22)16(10-12(15)21)34(2,30)31/h9-11,14H,3-8H2,1-2H3/t14-/m0/s1. The second kappa shape index (κ2) is 8.71. The summed E-state index contributed by atoms with van der Waals surface area (Å²) in [5, 5.41) is 3.59. The van der Waals surface area contributed by atoms with Gasteiger partial charge in [-0.25, -0.2) is 17.2 Å². The van der Waals surface area contributed by atoms with Gasteiger partial charge in [-0.3, -0.25) is 4.79 Å². The number of amides is 1. The molecule has 186 valence electrons. The number of anilines is 1. The molecule has 9 nitrogen and oxygen atoms in total. The minimum absolute atomic E-state index is 0.0546. The minimum atomic E-state index is -3.97. The van der Waals surface area contributed by atoms with Gasteiger partial charge in [0.05, 0.1) is 0 Å². The van der Waals surface area contributed by atoms with Crippen LogP contribution in [0.3, 0.4) is 0 Å². The predicted octanol–water partition coefficient (Wildman–Crippen LogP) is 2.51. The Hall–Kier alpha value is -2.90. The summed E-state index contributed by atoms with van der Waals surface area (Å²) in [7, 11) is -3.97. The average Bonchev–Trinajstić information content (AvgIpc) is 3.38. The topological polar surface area (TPSA) is 106 Å². The molecule has 2 aromatic rings. The summed E-state index contributed by atoms with van der Waals surface area (Å²) in [6.07, 6.45) is 0.982. The molecule has 0 aliphatic carbocycles. The van der Waals surface area contributed by atoms with Gasteiger partial charge < -0.3 is 19.1 Å². The second-order valence-electron chi connectivity index (χ2n) is 8.42. The number of likely N-dealkylation sites (tertiary alicyclic amines) is 1. The number of hydrogen-bond acceptors (Lipinski definition) is 8. The van der Waals surface area contributed by atoms with Gasteiger partial charge in [-0.15, -0.1) is 0 Å². The third-order valence-electron chi connectivity index (χ3n) is 5.82. The van der Waals surface area contributed by atoms with E-state index in [0.29, 0.717) is 51.5 Å². The number of piperidine rings is 1. The molecule has 0 bridgehead atoms. The van der Waals surface area contributed by atoms with Crippen molar-refractivity contribution in [3.8, 4) is 5.75 Å². The van der Waals surface area contributed by atoms with Crippen molar-refractivity contribution in [2.75, 3.05) is 30.8 Å². The average molecular weight is 506 g/mol. The van der Waals surface area contributed by atoms with Crippen LogP contribution in [0.5, 0.6) is 5.75 Å². The van der Waals surface area contributed by atoms with E-state index < -0.39 is 55.9 Å². The van der Waals surface area contributed by atoms with Gasteiger partial charge in [-0.1, -0.05) is 0 Å². The van der Waals surface area contributed by atoms with E-state index in [9.17, 15) is 30.8 Å². The van der Waals surface area contributed by atoms with Crippen molar-refractivity contribution in [3.63, 3.8) is 0 Å². The Balaban J connectivity index is 1.37. The van der Waals surface area contributed by atoms with Gasteiger partial charge >= 0.3 is 5.92 Å². The molecule has 2 aliphatic rings. The summed E-state index contributed by atoms with van der Waals surface area (Å²) in [4.78, 5) is 19.1. The quantitative estimate of drug-likeness (QED) is 0.551. The normalized spacial score (nSPS) is 20.3. The number of rotatable bonds is 6. The molecule has 1 amide bonds. The van der Waals surface area contributed by atoms with Crippen LogP contribution in [0.15, 0.2) is 21.6 Å². The molecule has 0 spiro atoms. The molecule has 34 heavy (non-hydrogen) atoms. The minimum Gasteiger partial charge on any atom is -0.477 e. The van der Waals surface area contributed by atoms with Gasteiger partial charge in [0.2, 0.25) is 0 Å². The van der Waals surface area contributed by atoms with Crippen molar-refractivity contribution in [1.82, 2.24) is 15.0 Å². The van der Waals surface area contributed by atoms with E-state index in [1.54, 1.807) is 9.80 Å². The van der Waals surface area contributed by atoms with Crippen molar-refractivity contribution in [2.45, 2.75) is 49.2 Å². The van der Waals surface area contributed by atoms with Gasteiger partial charge in [-0.2, -0.15) is 13.8 Å². The Morgan fingerprint density at radius 1 is 1.12 bits per heavy atom. The van der Waals surface area contributed by atoms with Gasteiger partial charge in [0.15, 0.2) is 27.5 Å². The third-order valence-corrected chi connectivity index (χ3v) is 6.94. The van der Waals surface area contributed by atoms with Crippen LogP contribution < -0.4 is 9.64 Å². The van der Waals surface area contributed by atoms with Crippen molar-refractivity contribution in [1.29, 1.82) is 0 Å². The second-order valence-corrected chi connectivity index (χ2v) is 10.4. The summed E-state index contributed by atoms with van der Waals surface area (Å²) < 4.78 is 88.2. The number of alkyl halides is 2. The highest BCUT2D eigenvalue weighted by Gasteiger charge is 2.40. The van der Waals surface area contributed by atoms with Crippen molar-refractivity contribution < 1.29 is 40.0 Å². The molecule has 2 fully saturated rings. The Morgan fingerprint density at radius 3 is 2.38 bits per heavy atom. The summed E-state index contributed by atoms with van der Waals surface area (Å²) in [5.41, 5.74) is 0. The summed E-state index contributed by atoms with van der Waals surface area (Å²) in [6, 6.07) is 0.995. The molecule has 1 atom stereocenters. The lowest BCUT2D eigenvalue weighted by molar-refractivity contribution is -0.135. The maximum absolute atomic E-state index is 14.3. The van der Waals surface area contributed by atoms with E-state index in [1.807, 2.05) is 0 Å². The molecule has 14 heteroatoms. The highest BCUT2D eigenvalue weighted by Crippen LogP contribution is 2.31. The first kappa shape index (κ1) is 24.2. The molecule has 0 saturated carbocycles. The third kappa shape index (κ3) is 4.81. The number of carbonyl (C=O) groups is 1. The van der Waals surface area contributed by atoms with Crippen LogP contribution in [0.25, 0.3) is 0 Å². The van der Waals surface area contributed by atoms with Gasteiger partial charge in [-0.05, 0) is 24.1 Å². The fourth-order valence-electron chi connectivity index (χ4n) is 4.08. The molecular weight excluding hydrogens is 484 g/mol. The summed E-state index contributed by atoms with van der Waals surface area (Å²) >= 11 is 0. The first-order valence-electron chi connectivity index (χ1n) is 10.5. The van der Waals surface area contributed by atoms with Crippen LogP contribution in [0.2, 0.25) is 0 Å². The van der Waals surface area contributed by atoms with E-state index in [2.05, 4.69) is 14.7 Å². The molecule has 2 saturated heterocycles. The monoisotopic (exact) mass is 506 g/mol. The van der Waals surface area contributed by atoms with Crippen molar-refractivity contribution in [3.05, 3.63) is 29.7 Å². The van der Waals surface area contributed by atoms with Crippen LogP contribution >= 0.6 is 0 Å². The molecular formula is C20H22F4N4O5S. The van der Waals surface area contributed by atoms with E-state index in [1.165, 1.54) is 0 Å². The molecule has 0 N–H and O–H groups in total. The number of hydrogen-bond donors (Lipinski definition) is 0. The van der Waals surface area contributed by atoms with Gasteiger partial charge in [0, 0.05) is 51.3 Å². The van der Waals surface area contributed by atoms with E-state index in [4.69, 9.17) is 4.74 Å². The Kier molecular flexibility index (Phi) is 6.21. The van der Waals surface area contributed by atoms with Crippen LogP contribution in [0.4, 0.5) is 23.5 Å². The number of ether oxygens (including phenoxy) is 1. The van der Waals surface area contributed by atoms with Gasteiger partial charge in [0.1, 0.15) is 10.7 Å². The van der Waals surface area contributed by atoms with E-state index in [0.717, 1.165) is 6.26 Å². The number of halogens is 4. The Labute approximate surface area is 192 Å². The highest BCUT2D eigenvalue weighted by molar-refractivity contribution is 7.90. The summed E-state index contributed by atoms with van der Waals surface area (Å²) in [5.74, 6) is -7.14.